The fourth-order valence-electron chi connectivity index (χ4n) is 1.76. The number of aromatic nitrogens is 1. The number of nitrogens with one attached hydrogen (secondary N) is 2. The Bertz CT molecular complexity index is 678. The minimum Gasteiger partial charge on any atom is -0.385 e. The summed E-state index contributed by atoms with van der Waals surface area (Å²) in [5.74, 6) is 0. The molecule has 2 N–H and O–H groups in total. The van der Waals surface area contributed by atoms with E-state index in [2.05, 4.69) is 21.9 Å². The molecule has 0 fully saturated rings. The Kier molecular flexibility index (Phi) is 5.33. The number of hydrogen-bond donors (Lipinski definition) is 2. The molecule has 1 heterocycles. The second kappa shape index (κ2) is 7.02. The lowest BCUT2D eigenvalue weighted by Crippen LogP contribution is -2.23. The monoisotopic (exact) mass is 325 g/mol. The number of sulfonamides is 1. The van der Waals surface area contributed by atoms with Gasteiger partial charge in [-0.25, -0.2) is 18.1 Å². The van der Waals surface area contributed by atoms with Gasteiger partial charge in [0.1, 0.15) is 0 Å². The van der Waals surface area contributed by atoms with Gasteiger partial charge in [-0.15, -0.1) is 11.3 Å². The van der Waals surface area contributed by atoms with E-state index in [4.69, 9.17) is 0 Å². The SMILES string of the molecule is CCCNc1ccc(S(=O)(=O)NCc2csc(C)n2)cc1. The number of aryl methyl sites for hydroxylation is 1. The Hall–Kier alpha value is -1.44. The van der Waals surface area contributed by atoms with Crippen LogP contribution in [0.5, 0.6) is 0 Å². The molecule has 0 atom stereocenters. The van der Waals surface area contributed by atoms with Gasteiger partial charge in [-0.2, -0.15) is 0 Å². The Morgan fingerprint density at radius 1 is 1.24 bits per heavy atom. The summed E-state index contributed by atoms with van der Waals surface area (Å²) in [6.45, 7) is 5.05. The molecule has 7 heteroatoms. The number of thiazole rings is 1. The first kappa shape index (κ1) is 15.9. The lowest BCUT2D eigenvalue weighted by molar-refractivity contribution is 0.580. The van der Waals surface area contributed by atoms with Gasteiger partial charge in [0.15, 0.2) is 0 Å². The summed E-state index contributed by atoms with van der Waals surface area (Å²) in [4.78, 5) is 4.50. The minimum absolute atomic E-state index is 0.211. The van der Waals surface area contributed by atoms with E-state index in [0.717, 1.165) is 29.4 Å². The molecular formula is C14H19N3O2S2. The van der Waals surface area contributed by atoms with Crippen molar-refractivity contribution < 1.29 is 8.42 Å². The van der Waals surface area contributed by atoms with Gasteiger partial charge in [-0.05, 0) is 37.6 Å². The predicted molar refractivity (Wildman–Crippen MR) is 86.1 cm³/mol. The summed E-state index contributed by atoms with van der Waals surface area (Å²) < 4.78 is 26.9. The maximum absolute atomic E-state index is 12.2. The summed E-state index contributed by atoms with van der Waals surface area (Å²) in [6.07, 6.45) is 1.02. The van der Waals surface area contributed by atoms with Gasteiger partial charge in [-0.1, -0.05) is 6.92 Å². The van der Waals surface area contributed by atoms with E-state index in [0.29, 0.717) is 0 Å². The van der Waals surface area contributed by atoms with Crippen LogP contribution in [0.4, 0.5) is 5.69 Å². The van der Waals surface area contributed by atoms with E-state index in [1.54, 1.807) is 24.3 Å². The summed E-state index contributed by atoms with van der Waals surface area (Å²) in [5, 5.41) is 5.99. The van der Waals surface area contributed by atoms with Gasteiger partial charge in [0.2, 0.25) is 10.0 Å². The summed E-state index contributed by atoms with van der Waals surface area (Å²) >= 11 is 1.51. The molecule has 21 heavy (non-hydrogen) atoms. The Morgan fingerprint density at radius 2 is 1.95 bits per heavy atom. The van der Waals surface area contributed by atoms with Crippen LogP contribution < -0.4 is 10.0 Å². The normalized spacial score (nSPS) is 11.5. The molecule has 2 aromatic rings. The third kappa shape index (κ3) is 4.52. The van der Waals surface area contributed by atoms with Gasteiger partial charge < -0.3 is 5.32 Å². The minimum atomic E-state index is -3.50. The third-order valence-electron chi connectivity index (χ3n) is 2.85. The van der Waals surface area contributed by atoms with Crippen molar-refractivity contribution in [2.75, 3.05) is 11.9 Å². The Labute approximate surface area is 129 Å². The zero-order valence-electron chi connectivity index (χ0n) is 12.1. The average Bonchev–Trinajstić information content (AvgIpc) is 2.89. The van der Waals surface area contributed by atoms with E-state index in [1.165, 1.54) is 11.3 Å². The molecule has 0 saturated carbocycles. The quantitative estimate of drug-likeness (QED) is 0.821. The van der Waals surface area contributed by atoms with Crippen molar-refractivity contribution in [2.45, 2.75) is 31.7 Å². The van der Waals surface area contributed by atoms with Crippen LogP contribution in [0.15, 0.2) is 34.5 Å². The van der Waals surface area contributed by atoms with E-state index in [9.17, 15) is 8.42 Å². The van der Waals surface area contributed by atoms with Crippen molar-refractivity contribution in [3.63, 3.8) is 0 Å². The third-order valence-corrected chi connectivity index (χ3v) is 5.09. The highest BCUT2D eigenvalue weighted by molar-refractivity contribution is 7.89. The van der Waals surface area contributed by atoms with Crippen LogP contribution in [0, 0.1) is 6.92 Å². The first-order valence-corrected chi connectivity index (χ1v) is 9.12. The molecule has 0 unspecified atom stereocenters. The number of rotatable bonds is 7. The summed E-state index contributed by atoms with van der Waals surface area (Å²) in [7, 11) is -3.50. The highest BCUT2D eigenvalue weighted by Crippen LogP contribution is 2.15. The van der Waals surface area contributed by atoms with Crippen molar-refractivity contribution >= 4 is 27.0 Å². The van der Waals surface area contributed by atoms with Gasteiger partial charge >= 0.3 is 0 Å². The molecule has 0 aliphatic heterocycles. The Morgan fingerprint density at radius 3 is 2.52 bits per heavy atom. The van der Waals surface area contributed by atoms with Crippen molar-refractivity contribution in [2.24, 2.45) is 0 Å². The second-order valence-electron chi connectivity index (χ2n) is 4.63. The molecule has 0 radical (unpaired) electrons. The molecule has 0 bridgehead atoms. The van der Waals surface area contributed by atoms with Crippen molar-refractivity contribution in [3.05, 3.63) is 40.3 Å². The topological polar surface area (TPSA) is 71.1 Å². The zero-order chi connectivity index (χ0) is 15.3. The lowest BCUT2D eigenvalue weighted by atomic mass is 10.3. The van der Waals surface area contributed by atoms with Gasteiger partial charge in [0.05, 0.1) is 22.1 Å². The number of hydrogen-bond acceptors (Lipinski definition) is 5. The molecule has 1 aromatic carbocycles. The smallest absolute Gasteiger partial charge is 0.240 e. The molecule has 114 valence electrons. The summed E-state index contributed by atoms with van der Waals surface area (Å²) in [5.41, 5.74) is 1.66. The molecule has 0 spiro atoms. The van der Waals surface area contributed by atoms with Crippen LogP contribution in [0.2, 0.25) is 0 Å². The predicted octanol–water partition coefficient (Wildman–Crippen LogP) is 2.75. The van der Waals surface area contributed by atoms with Gasteiger partial charge in [0.25, 0.3) is 0 Å². The van der Waals surface area contributed by atoms with E-state index >= 15 is 0 Å². The van der Waals surface area contributed by atoms with Crippen LogP contribution in [0.1, 0.15) is 24.0 Å². The summed E-state index contributed by atoms with van der Waals surface area (Å²) in [6, 6.07) is 6.76. The molecule has 5 nitrogen and oxygen atoms in total. The van der Waals surface area contributed by atoms with Gasteiger partial charge in [0, 0.05) is 17.6 Å². The zero-order valence-corrected chi connectivity index (χ0v) is 13.7. The average molecular weight is 325 g/mol. The first-order chi connectivity index (χ1) is 10.0. The molecule has 0 aliphatic rings. The largest absolute Gasteiger partial charge is 0.385 e. The standard InChI is InChI=1S/C14H19N3O2S2/c1-3-8-15-12-4-6-14(7-5-12)21(18,19)16-9-13-10-20-11(2)17-13/h4-7,10,15-16H,3,8-9H2,1-2H3. The maximum atomic E-state index is 12.2. The fraction of sp³-hybridized carbons (Fsp3) is 0.357. The molecule has 0 amide bonds. The number of nitrogens with zero attached hydrogens (tertiary/aromatic N) is 1. The van der Waals surface area contributed by atoms with Crippen LogP contribution >= 0.6 is 11.3 Å². The molecule has 2 rings (SSSR count). The Balaban J connectivity index is 2.01. The lowest BCUT2D eigenvalue weighted by Gasteiger charge is -2.08. The van der Waals surface area contributed by atoms with E-state index < -0.39 is 10.0 Å². The van der Waals surface area contributed by atoms with Crippen molar-refractivity contribution in [3.8, 4) is 0 Å². The molecular weight excluding hydrogens is 306 g/mol. The van der Waals surface area contributed by atoms with Crippen LogP contribution in [0.3, 0.4) is 0 Å². The van der Waals surface area contributed by atoms with Crippen molar-refractivity contribution in [1.29, 1.82) is 0 Å². The fourth-order valence-corrected chi connectivity index (χ4v) is 3.37. The van der Waals surface area contributed by atoms with Crippen molar-refractivity contribution in [1.82, 2.24) is 9.71 Å². The molecule has 0 saturated heterocycles. The second-order valence-corrected chi connectivity index (χ2v) is 7.46. The molecule has 0 aliphatic carbocycles. The van der Waals surface area contributed by atoms with Crippen LogP contribution in [-0.2, 0) is 16.6 Å². The van der Waals surface area contributed by atoms with Gasteiger partial charge in [-0.3, -0.25) is 0 Å². The molecule has 1 aromatic heterocycles. The number of anilines is 1. The maximum Gasteiger partial charge on any atom is 0.240 e. The van der Waals surface area contributed by atoms with Crippen LogP contribution in [-0.4, -0.2) is 19.9 Å². The van der Waals surface area contributed by atoms with E-state index in [-0.39, 0.29) is 11.4 Å². The van der Waals surface area contributed by atoms with E-state index in [1.807, 2.05) is 12.3 Å². The van der Waals surface area contributed by atoms with Crippen LogP contribution in [0.25, 0.3) is 0 Å². The number of benzene rings is 1. The first-order valence-electron chi connectivity index (χ1n) is 6.76. The highest BCUT2D eigenvalue weighted by atomic mass is 32.2. The highest BCUT2D eigenvalue weighted by Gasteiger charge is 2.14.